The maximum absolute atomic E-state index is 11.0. The second kappa shape index (κ2) is 3.97. The van der Waals surface area contributed by atoms with Crippen LogP contribution in [0.15, 0.2) is 24.3 Å². The average molecular weight is 187 g/mol. The van der Waals surface area contributed by atoms with Gasteiger partial charge in [0.05, 0.1) is 5.56 Å². The zero-order valence-corrected chi connectivity index (χ0v) is 6.91. The van der Waals surface area contributed by atoms with E-state index < -0.39 is 5.97 Å². The Bertz CT molecular complexity index is 268. The number of phenols is 1. The third-order valence-electron chi connectivity index (χ3n) is 1.29. The Balaban J connectivity index is 2.75. The number of ether oxygens (including phenoxy) is 1. The first-order valence-corrected chi connectivity index (χ1v) is 3.79. The molecule has 1 aromatic rings. The van der Waals surface area contributed by atoms with Crippen LogP contribution in [-0.2, 0) is 4.74 Å². The zero-order chi connectivity index (χ0) is 8.97. The number of halogens is 1. The molecule has 0 saturated heterocycles. The fraction of sp³-hybridized carbons (Fsp3) is 0.125. The molecule has 0 bridgehead atoms. The first-order valence-electron chi connectivity index (χ1n) is 3.26. The molecule has 1 N–H and O–H groups in total. The second-order valence-corrected chi connectivity index (χ2v) is 2.31. The molecule has 0 amide bonds. The molecule has 4 heteroatoms. The number of benzene rings is 1. The first-order chi connectivity index (χ1) is 5.74. The van der Waals surface area contributed by atoms with Crippen LogP contribution in [0.3, 0.4) is 0 Å². The highest BCUT2D eigenvalue weighted by Crippen LogP contribution is 2.10. The van der Waals surface area contributed by atoms with Gasteiger partial charge in [-0.05, 0) is 24.3 Å². The third-order valence-corrected chi connectivity index (χ3v) is 1.40. The number of carbonyl (C=O) groups excluding carboxylic acids is 1. The lowest BCUT2D eigenvalue weighted by atomic mass is 10.2. The van der Waals surface area contributed by atoms with Gasteiger partial charge in [0.25, 0.3) is 0 Å². The van der Waals surface area contributed by atoms with Crippen LogP contribution in [0.2, 0.25) is 0 Å². The Kier molecular flexibility index (Phi) is 2.94. The number of phenolic OH excluding ortho intramolecular Hbond substituents is 1. The van der Waals surface area contributed by atoms with Gasteiger partial charge in [0.2, 0.25) is 0 Å². The van der Waals surface area contributed by atoms with Crippen molar-refractivity contribution in [3.63, 3.8) is 0 Å². The molecule has 0 aliphatic heterocycles. The molecule has 0 aliphatic rings. The number of esters is 1. The van der Waals surface area contributed by atoms with Crippen LogP contribution in [-0.4, -0.2) is 17.1 Å². The summed E-state index contributed by atoms with van der Waals surface area (Å²) in [5.41, 5.74) is 0.369. The van der Waals surface area contributed by atoms with Crippen molar-refractivity contribution in [1.29, 1.82) is 0 Å². The summed E-state index contributed by atoms with van der Waals surface area (Å²) in [6.45, 7) is 0. The lowest BCUT2D eigenvalue weighted by Crippen LogP contribution is -2.02. The second-order valence-electron chi connectivity index (χ2n) is 2.09. The minimum Gasteiger partial charge on any atom is -0.508 e. The molecule has 0 aliphatic carbocycles. The van der Waals surface area contributed by atoms with Gasteiger partial charge in [-0.15, -0.1) is 0 Å². The Morgan fingerprint density at radius 2 is 2.00 bits per heavy atom. The van der Waals surface area contributed by atoms with Gasteiger partial charge in [0, 0.05) is 0 Å². The highest BCUT2D eigenvalue weighted by molar-refractivity contribution is 6.17. The van der Waals surface area contributed by atoms with Crippen LogP contribution in [0.4, 0.5) is 0 Å². The highest BCUT2D eigenvalue weighted by Gasteiger charge is 2.04. The summed E-state index contributed by atoms with van der Waals surface area (Å²) in [4.78, 5) is 11.0. The normalized spacial score (nSPS) is 9.42. The summed E-state index contributed by atoms with van der Waals surface area (Å²) in [6.07, 6.45) is 0. The highest BCUT2D eigenvalue weighted by atomic mass is 35.5. The number of aromatic hydroxyl groups is 1. The van der Waals surface area contributed by atoms with Gasteiger partial charge in [0.1, 0.15) is 5.75 Å². The van der Waals surface area contributed by atoms with Crippen molar-refractivity contribution in [1.82, 2.24) is 0 Å². The summed E-state index contributed by atoms with van der Waals surface area (Å²) in [5.74, 6) is -0.387. The summed E-state index contributed by atoms with van der Waals surface area (Å²) in [6, 6.07) is 5.57. The number of hydrogen-bond acceptors (Lipinski definition) is 3. The van der Waals surface area contributed by atoms with Gasteiger partial charge < -0.3 is 9.84 Å². The number of carbonyl (C=O) groups is 1. The molecule has 0 radical (unpaired) electrons. The molecule has 64 valence electrons. The molecule has 0 fully saturated rings. The van der Waals surface area contributed by atoms with Gasteiger partial charge in [-0.25, -0.2) is 4.79 Å². The predicted molar refractivity (Wildman–Crippen MR) is 44.2 cm³/mol. The van der Waals surface area contributed by atoms with E-state index in [0.717, 1.165) is 0 Å². The molecular formula is C8H7ClO3. The van der Waals surface area contributed by atoms with Crippen molar-refractivity contribution in [3.05, 3.63) is 29.8 Å². The summed E-state index contributed by atoms with van der Waals surface area (Å²) in [5, 5.41) is 8.89. The number of alkyl halides is 1. The van der Waals surface area contributed by atoms with E-state index in [1.54, 1.807) is 0 Å². The molecule has 0 atom stereocenters. The van der Waals surface area contributed by atoms with Gasteiger partial charge in [0.15, 0.2) is 6.07 Å². The van der Waals surface area contributed by atoms with E-state index >= 15 is 0 Å². The van der Waals surface area contributed by atoms with Crippen LogP contribution >= 0.6 is 11.6 Å². The van der Waals surface area contributed by atoms with Gasteiger partial charge >= 0.3 is 5.97 Å². The zero-order valence-electron chi connectivity index (χ0n) is 6.16. The van der Waals surface area contributed by atoms with Crippen LogP contribution in [0, 0.1) is 0 Å². The monoisotopic (exact) mass is 186 g/mol. The summed E-state index contributed by atoms with van der Waals surface area (Å²) in [7, 11) is 0. The predicted octanol–water partition coefficient (Wildman–Crippen LogP) is 1.75. The Hall–Kier alpha value is -1.22. The minimum atomic E-state index is -0.495. The minimum absolute atomic E-state index is 0.109. The molecule has 1 rings (SSSR count). The summed E-state index contributed by atoms with van der Waals surface area (Å²) >= 11 is 5.19. The van der Waals surface area contributed by atoms with E-state index in [4.69, 9.17) is 16.7 Å². The van der Waals surface area contributed by atoms with E-state index in [1.165, 1.54) is 24.3 Å². The third kappa shape index (κ3) is 2.13. The van der Waals surface area contributed by atoms with Crippen LogP contribution in [0.25, 0.3) is 0 Å². The van der Waals surface area contributed by atoms with E-state index in [1.807, 2.05) is 0 Å². The van der Waals surface area contributed by atoms with Crippen molar-refractivity contribution in [2.45, 2.75) is 0 Å². The molecule has 1 aromatic carbocycles. The molecule has 3 nitrogen and oxygen atoms in total. The van der Waals surface area contributed by atoms with Crippen LogP contribution in [0.5, 0.6) is 5.75 Å². The van der Waals surface area contributed by atoms with E-state index in [-0.39, 0.29) is 11.8 Å². The lowest BCUT2D eigenvalue weighted by Gasteiger charge is -1.99. The number of hydrogen-bond donors (Lipinski definition) is 1. The summed E-state index contributed by atoms with van der Waals surface area (Å²) < 4.78 is 4.51. The maximum atomic E-state index is 11.0. The van der Waals surface area contributed by atoms with Crippen molar-refractivity contribution >= 4 is 17.6 Å². The van der Waals surface area contributed by atoms with Crippen LogP contribution in [0.1, 0.15) is 10.4 Å². The van der Waals surface area contributed by atoms with Crippen LogP contribution < -0.4 is 0 Å². The van der Waals surface area contributed by atoms with Crippen molar-refractivity contribution in [2.24, 2.45) is 0 Å². The lowest BCUT2D eigenvalue weighted by molar-refractivity contribution is 0.0574. The first kappa shape index (κ1) is 8.87. The van der Waals surface area contributed by atoms with E-state index in [9.17, 15) is 4.79 Å². The quantitative estimate of drug-likeness (QED) is 0.565. The Morgan fingerprint density at radius 3 is 2.50 bits per heavy atom. The van der Waals surface area contributed by atoms with E-state index in [2.05, 4.69) is 4.74 Å². The standard InChI is InChI=1S/C8H7ClO3/c9-5-12-8(11)6-1-3-7(10)4-2-6/h1-4,10H,5H2. The molecule has 12 heavy (non-hydrogen) atoms. The molecule has 0 unspecified atom stereocenters. The fourth-order valence-corrected chi connectivity index (χ4v) is 0.829. The fourth-order valence-electron chi connectivity index (χ4n) is 0.730. The van der Waals surface area contributed by atoms with Crippen molar-refractivity contribution in [2.75, 3.05) is 6.07 Å². The molecule has 0 aromatic heterocycles. The van der Waals surface area contributed by atoms with Crippen molar-refractivity contribution in [3.8, 4) is 5.75 Å². The number of rotatable bonds is 2. The van der Waals surface area contributed by atoms with Crippen molar-refractivity contribution < 1.29 is 14.6 Å². The molecular weight excluding hydrogens is 180 g/mol. The Morgan fingerprint density at radius 1 is 1.42 bits per heavy atom. The topological polar surface area (TPSA) is 46.5 Å². The van der Waals surface area contributed by atoms with Gasteiger partial charge in [-0.1, -0.05) is 11.6 Å². The van der Waals surface area contributed by atoms with E-state index in [0.29, 0.717) is 5.56 Å². The Labute approximate surface area is 74.5 Å². The largest absolute Gasteiger partial charge is 0.508 e. The van der Waals surface area contributed by atoms with Gasteiger partial charge in [-0.2, -0.15) is 0 Å². The molecule has 0 spiro atoms. The maximum Gasteiger partial charge on any atom is 0.339 e. The van der Waals surface area contributed by atoms with Gasteiger partial charge in [-0.3, -0.25) is 0 Å². The average Bonchev–Trinajstić information content (AvgIpc) is 2.06. The molecule has 0 heterocycles. The molecule has 0 saturated carbocycles. The SMILES string of the molecule is O=C(OCCl)c1ccc(O)cc1. The smallest absolute Gasteiger partial charge is 0.339 e.